The Morgan fingerprint density at radius 2 is 2.28 bits per heavy atom. The van der Waals surface area contributed by atoms with Gasteiger partial charge in [0.1, 0.15) is 12.1 Å². The number of hydrogen-bond acceptors (Lipinski definition) is 4. The summed E-state index contributed by atoms with van der Waals surface area (Å²) in [6.45, 7) is 4.22. The van der Waals surface area contributed by atoms with Crippen LogP contribution in [-0.4, -0.2) is 40.3 Å². The van der Waals surface area contributed by atoms with Crippen molar-refractivity contribution in [1.29, 1.82) is 0 Å². The first-order chi connectivity index (χ1) is 8.63. The van der Waals surface area contributed by atoms with Crippen molar-refractivity contribution < 1.29 is 9.59 Å². The molecule has 6 heteroatoms. The van der Waals surface area contributed by atoms with Gasteiger partial charge >= 0.3 is 0 Å². The summed E-state index contributed by atoms with van der Waals surface area (Å²) in [4.78, 5) is 29.8. The molecule has 5 nitrogen and oxygen atoms in total. The molecule has 2 rings (SSSR count). The van der Waals surface area contributed by atoms with Crippen molar-refractivity contribution in [3.63, 3.8) is 0 Å². The van der Waals surface area contributed by atoms with E-state index in [-0.39, 0.29) is 23.9 Å². The zero-order chi connectivity index (χ0) is 13.1. The number of carbonyl (C=O) groups excluding carboxylic acids is 2. The molecule has 2 atom stereocenters. The summed E-state index contributed by atoms with van der Waals surface area (Å²) in [6.07, 6.45) is 3.09. The van der Waals surface area contributed by atoms with Crippen molar-refractivity contribution in [1.82, 2.24) is 15.2 Å². The second-order valence-corrected chi connectivity index (χ2v) is 5.33. The van der Waals surface area contributed by atoms with Gasteiger partial charge in [-0.15, -0.1) is 11.3 Å². The van der Waals surface area contributed by atoms with Gasteiger partial charge in [-0.1, -0.05) is 6.92 Å². The molecule has 1 fully saturated rings. The second-order valence-electron chi connectivity index (χ2n) is 4.35. The van der Waals surface area contributed by atoms with E-state index < -0.39 is 0 Å². The van der Waals surface area contributed by atoms with Gasteiger partial charge < -0.3 is 10.2 Å². The van der Waals surface area contributed by atoms with Crippen LogP contribution < -0.4 is 5.32 Å². The lowest BCUT2D eigenvalue weighted by Gasteiger charge is -2.37. The van der Waals surface area contributed by atoms with Gasteiger partial charge in [0.25, 0.3) is 0 Å². The SMILES string of the molecule is CCC1NC(=O)C(C)N(CCc2nccs2)C1=O. The second kappa shape index (κ2) is 5.48. The lowest BCUT2D eigenvalue weighted by atomic mass is 10.1. The average Bonchev–Trinajstić information content (AvgIpc) is 2.87. The maximum absolute atomic E-state index is 12.2. The van der Waals surface area contributed by atoms with Crippen molar-refractivity contribution >= 4 is 23.2 Å². The molecule has 2 amide bonds. The molecule has 0 radical (unpaired) electrons. The summed E-state index contributed by atoms with van der Waals surface area (Å²) in [5.41, 5.74) is 0. The van der Waals surface area contributed by atoms with Crippen LogP contribution in [-0.2, 0) is 16.0 Å². The molecule has 2 heterocycles. The minimum Gasteiger partial charge on any atom is -0.343 e. The quantitative estimate of drug-likeness (QED) is 0.878. The average molecular weight is 267 g/mol. The van der Waals surface area contributed by atoms with E-state index in [9.17, 15) is 9.59 Å². The summed E-state index contributed by atoms with van der Waals surface area (Å²) in [5.74, 6) is -0.0539. The topological polar surface area (TPSA) is 62.3 Å². The summed E-state index contributed by atoms with van der Waals surface area (Å²) in [6, 6.07) is -0.759. The van der Waals surface area contributed by atoms with Crippen LogP contribution in [0.1, 0.15) is 25.3 Å². The number of rotatable bonds is 4. The number of hydrogen-bond donors (Lipinski definition) is 1. The van der Waals surface area contributed by atoms with E-state index in [1.165, 1.54) is 0 Å². The number of nitrogens with one attached hydrogen (secondary N) is 1. The van der Waals surface area contributed by atoms with E-state index in [0.717, 1.165) is 5.01 Å². The smallest absolute Gasteiger partial charge is 0.245 e. The molecular formula is C12H17N3O2S. The van der Waals surface area contributed by atoms with Crippen LogP contribution in [0.25, 0.3) is 0 Å². The predicted octanol–water partition coefficient (Wildman–Crippen LogP) is 0.811. The molecule has 1 N–H and O–H groups in total. The third kappa shape index (κ3) is 2.53. The Kier molecular flexibility index (Phi) is 3.96. The maximum atomic E-state index is 12.2. The zero-order valence-corrected chi connectivity index (χ0v) is 11.4. The van der Waals surface area contributed by atoms with Gasteiger partial charge in [0.15, 0.2) is 0 Å². The molecule has 1 aliphatic heterocycles. The lowest BCUT2D eigenvalue weighted by molar-refractivity contribution is -0.148. The Balaban J connectivity index is 2.03. The van der Waals surface area contributed by atoms with Crippen molar-refractivity contribution in [3.05, 3.63) is 16.6 Å². The third-order valence-electron chi connectivity index (χ3n) is 3.20. The molecule has 18 heavy (non-hydrogen) atoms. The first-order valence-electron chi connectivity index (χ1n) is 6.12. The zero-order valence-electron chi connectivity index (χ0n) is 10.5. The van der Waals surface area contributed by atoms with E-state index in [1.807, 2.05) is 12.3 Å². The molecule has 0 saturated carbocycles. The van der Waals surface area contributed by atoms with Crippen LogP contribution in [0.15, 0.2) is 11.6 Å². The highest BCUT2D eigenvalue weighted by Gasteiger charge is 2.36. The maximum Gasteiger partial charge on any atom is 0.245 e. The van der Waals surface area contributed by atoms with Gasteiger partial charge in [0.05, 0.1) is 5.01 Å². The third-order valence-corrected chi connectivity index (χ3v) is 4.04. The molecule has 1 aromatic rings. The van der Waals surface area contributed by atoms with Crippen LogP contribution in [0, 0.1) is 0 Å². The highest BCUT2D eigenvalue weighted by atomic mass is 32.1. The van der Waals surface area contributed by atoms with Gasteiger partial charge in [0.2, 0.25) is 11.8 Å². The monoisotopic (exact) mass is 267 g/mol. The summed E-state index contributed by atoms with van der Waals surface area (Å²) in [5, 5.41) is 5.66. The highest BCUT2D eigenvalue weighted by Crippen LogP contribution is 2.14. The molecule has 1 aromatic heterocycles. The van der Waals surface area contributed by atoms with Gasteiger partial charge in [-0.25, -0.2) is 4.98 Å². The molecule has 1 saturated heterocycles. The first kappa shape index (κ1) is 13.0. The Bertz CT molecular complexity index is 433. The standard InChI is InChI=1S/C12H17N3O2S/c1-3-9-12(17)15(8(2)11(16)14-9)6-4-10-13-5-7-18-10/h5,7-9H,3-4,6H2,1-2H3,(H,14,16). The van der Waals surface area contributed by atoms with Crippen LogP contribution in [0.5, 0.6) is 0 Å². The molecular weight excluding hydrogens is 250 g/mol. The molecule has 1 aliphatic rings. The van der Waals surface area contributed by atoms with E-state index in [1.54, 1.807) is 29.4 Å². The van der Waals surface area contributed by atoms with Crippen molar-refractivity contribution in [2.75, 3.05) is 6.54 Å². The normalized spacial score (nSPS) is 24.2. The summed E-state index contributed by atoms with van der Waals surface area (Å²) in [7, 11) is 0. The Hall–Kier alpha value is -1.43. The minimum atomic E-state index is -0.389. The highest BCUT2D eigenvalue weighted by molar-refractivity contribution is 7.09. The van der Waals surface area contributed by atoms with Gasteiger partial charge in [0, 0.05) is 24.5 Å². The predicted molar refractivity (Wildman–Crippen MR) is 69.2 cm³/mol. The fraction of sp³-hybridized carbons (Fsp3) is 0.583. The van der Waals surface area contributed by atoms with E-state index in [4.69, 9.17) is 0 Å². The number of aromatic nitrogens is 1. The number of amides is 2. The van der Waals surface area contributed by atoms with Crippen LogP contribution in [0.2, 0.25) is 0 Å². The minimum absolute atomic E-state index is 0.0150. The molecule has 0 aromatic carbocycles. The van der Waals surface area contributed by atoms with Crippen molar-refractivity contribution in [2.45, 2.75) is 38.8 Å². The van der Waals surface area contributed by atoms with Crippen molar-refractivity contribution in [2.24, 2.45) is 0 Å². The van der Waals surface area contributed by atoms with E-state index in [2.05, 4.69) is 10.3 Å². The fourth-order valence-corrected chi connectivity index (χ4v) is 2.67. The molecule has 2 unspecified atom stereocenters. The van der Waals surface area contributed by atoms with Gasteiger partial charge in [-0.05, 0) is 13.3 Å². The van der Waals surface area contributed by atoms with Gasteiger partial charge in [-0.3, -0.25) is 9.59 Å². The van der Waals surface area contributed by atoms with Crippen LogP contribution in [0.3, 0.4) is 0 Å². The summed E-state index contributed by atoms with van der Waals surface area (Å²) >= 11 is 1.57. The Labute approximate surface area is 110 Å². The number of thiazole rings is 1. The van der Waals surface area contributed by atoms with E-state index in [0.29, 0.717) is 19.4 Å². The number of carbonyl (C=O) groups is 2. The van der Waals surface area contributed by atoms with E-state index >= 15 is 0 Å². The Morgan fingerprint density at radius 1 is 1.50 bits per heavy atom. The first-order valence-corrected chi connectivity index (χ1v) is 7.00. The lowest BCUT2D eigenvalue weighted by Crippen LogP contribution is -2.62. The van der Waals surface area contributed by atoms with Crippen molar-refractivity contribution in [3.8, 4) is 0 Å². The number of nitrogens with zero attached hydrogens (tertiary/aromatic N) is 2. The fourth-order valence-electron chi connectivity index (χ4n) is 2.06. The largest absolute Gasteiger partial charge is 0.343 e. The van der Waals surface area contributed by atoms with Crippen LogP contribution >= 0.6 is 11.3 Å². The van der Waals surface area contributed by atoms with Gasteiger partial charge in [-0.2, -0.15) is 0 Å². The molecule has 0 bridgehead atoms. The molecule has 98 valence electrons. The van der Waals surface area contributed by atoms with Crippen LogP contribution in [0.4, 0.5) is 0 Å². The number of piperazine rings is 1. The summed E-state index contributed by atoms with van der Waals surface area (Å²) < 4.78 is 0. The Morgan fingerprint density at radius 3 is 2.89 bits per heavy atom. The molecule has 0 spiro atoms. The molecule has 0 aliphatic carbocycles.